The minimum absolute atomic E-state index is 0.599. The fourth-order valence-electron chi connectivity index (χ4n) is 3.29. The molecule has 0 spiro atoms. The first-order valence-electron chi connectivity index (χ1n) is 8.23. The zero-order valence-corrected chi connectivity index (χ0v) is 14.6. The number of methoxy groups -OCH3 is 1. The van der Waals surface area contributed by atoms with Crippen LogP contribution in [0.2, 0.25) is 0 Å². The van der Waals surface area contributed by atoms with Gasteiger partial charge in [0.1, 0.15) is 0 Å². The summed E-state index contributed by atoms with van der Waals surface area (Å²) in [4.78, 5) is 0. The Labute approximate surface area is 116 Å². The molecular formula is C16H37OP. The normalized spacial score (nSPS) is 14.7. The number of rotatable bonds is 12. The van der Waals surface area contributed by atoms with Crippen LogP contribution in [-0.4, -0.2) is 31.4 Å². The van der Waals surface area contributed by atoms with Crippen molar-refractivity contribution in [3.05, 3.63) is 0 Å². The molecule has 0 aromatic rings. The number of hydrogen-bond donors (Lipinski definition) is 0. The van der Waals surface area contributed by atoms with Crippen LogP contribution < -0.4 is 0 Å². The second kappa shape index (κ2) is 11.2. The summed E-state index contributed by atoms with van der Waals surface area (Å²) in [7, 11) is 0.734. The van der Waals surface area contributed by atoms with Gasteiger partial charge in [0.05, 0.1) is 0 Å². The van der Waals surface area contributed by atoms with Crippen molar-refractivity contribution in [2.75, 3.05) is 25.6 Å². The molecule has 0 aromatic carbocycles. The molecule has 0 fully saturated rings. The van der Waals surface area contributed by atoms with Gasteiger partial charge in [-0.05, 0) is 0 Å². The van der Waals surface area contributed by atoms with Crippen molar-refractivity contribution in [1.82, 2.24) is 0 Å². The van der Waals surface area contributed by atoms with E-state index in [-0.39, 0.29) is 0 Å². The second-order valence-corrected chi connectivity index (χ2v) is 10.7. The molecule has 0 heterocycles. The summed E-state index contributed by atoms with van der Waals surface area (Å²) in [5.41, 5.74) is 0. The van der Waals surface area contributed by atoms with Gasteiger partial charge in [-0.1, -0.05) is 0 Å². The zero-order valence-electron chi connectivity index (χ0n) is 13.6. The van der Waals surface area contributed by atoms with Crippen molar-refractivity contribution in [3.63, 3.8) is 0 Å². The van der Waals surface area contributed by atoms with Crippen LogP contribution in [0, 0.1) is 0 Å². The van der Waals surface area contributed by atoms with Crippen LogP contribution in [0.15, 0.2) is 0 Å². The van der Waals surface area contributed by atoms with E-state index in [1.807, 2.05) is 7.11 Å². The van der Waals surface area contributed by atoms with Crippen LogP contribution in [0.1, 0.15) is 72.6 Å². The first kappa shape index (κ1) is 18.4. The van der Waals surface area contributed by atoms with Crippen molar-refractivity contribution < 1.29 is 4.74 Å². The molecule has 0 radical (unpaired) electrons. The van der Waals surface area contributed by atoms with Crippen LogP contribution in [0.3, 0.4) is 0 Å². The second-order valence-electron chi connectivity index (χ2n) is 5.81. The summed E-state index contributed by atoms with van der Waals surface area (Å²) in [6, 6.07) is 0. The average Bonchev–Trinajstić information content (AvgIpc) is 2.41. The molecule has 0 aromatic heterocycles. The van der Waals surface area contributed by atoms with Gasteiger partial charge >= 0.3 is 116 Å². The van der Waals surface area contributed by atoms with E-state index in [9.17, 15) is 0 Å². The molecule has 18 heavy (non-hydrogen) atoms. The SMILES string of the molecule is CCCC[PH](CCCC)(CCCC)C(CC)OC. The predicted molar refractivity (Wildman–Crippen MR) is 88.7 cm³/mol. The van der Waals surface area contributed by atoms with E-state index in [1.165, 1.54) is 63.4 Å². The summed E-state index contributed by atoms with van der Waals surface area (Å²) in [6.45, 7) is 9.30. The number of unbranched alkanes of at least 4 members (excludes halogenated alkanes) is 3. The van der Waals surface area contributed by atoms with Gasteiger partial charge in [0.15, 0.2) is 0 Å². The number of ether oxygens (including phenoxy) is 1. The van der Waals surface area contributed by atoms with Crippen molar-refractivity contribution >= 4 is 7.26 Å². The van der Waals surface area contributed by atoms with E-state index in [4.69, 9.17) is 4.74 Å². The van der Waals surface area contributed by atoms with E-state index in [0.29, 0.717) is 5.85 Å². The van der Waals surface area contributed by atoms with Crippen molar-refractivity contribution in [2.45, 2.75) is 78.5 Å². The van der Waals surface area contributed by atoms with Gasteiger partial charge in [0, 0.05) is 0 Å². The van der Waals surface area contributed by atoms with Gasteiger partial charge in [-0.2, -0.15) is 0 Å². The van der Waals surface area contributed by atoms with Crippen molar-refractivity contribution in [3.8, 4) is 0 Å². The van der Waals surface area contributed by atoms with Crippen LogP contribution in [0.4, 0.5) is 0 Å². The summed E-state index contributed by atoms with van der Waals surface area (Å²) in [5, 5.41) is 0. The first-order chi connectivity index (χ1) is 8.70. The van der Waals surface area contributed by atoms with E-state index in [2.05, 4.69) is 27.7 Å². The molecule has 0 saturated heterocycles. The van der Waals surface area contributed by atoms with Gasteiger partial charge in [0.2, 0.25) is 0 Å². The third-order valence-electron chi connectivity index (χ3n) is 4.42. The average molecular weight is 276 g/mol. The molecule has 1 nitrogen and oxygen atoms in total. The third-order valence-corrected chi connectivity index (χ3v) is 10.5. The molecule has 0 aliphatic heterocycles. The molecule has 0 N–H and O–H groups in total. The molecule has 0 aliphatic carbocycles. The maximum absolute atomic E-state index is 5.92. The van der Waals surface area contributed by atoms with Crippen LogP contribution in [0.25, 0.3) is 0 Å². The van der Waals surface area contributed by atoms with Gasteiger partial charge in [-0.15, -0.1) is 0 Å². The third kappa shape index (κ3) is 6.02. The fraction of sp³-hybridized carbons (Fsp3) is 1.00. The van der Waals surface area contributed by atoms with Crippen LogP contribution in [-0.2, 0) is 4.74 Å². The van der Waals surface area contributed by atoms with Crippen LogP contribution in [0.5, 0.6) is 0 Å². The Balaban J connectivity index is 4.82. The molecule has 0 saturated carbocycles. The Morgan fingerprint density at radius 2 is 1.17 bits per heavy atom. The van der Waals surface area contributed by atoms with E-state index in [0.717, 1.165) is 0 Å². The molecule has 0 bridgehead atoms. The molecule has 1 atom stereocenters. The summed E-state index contributed by atoms with van der Waals surface area (Å²) in [5.74, 6) is 0.599. The fourth-order valence-corrected chi connectivity index (χ4v) is 9.55. The predicted octanol–water partition coefficient (Wildman–Crippen LogP) is 5.52. The topological polar surface area (TPSA) is 9.23 Å². The molecule has 112 valence electrons. The maximum atomic E-state index is 5.92. The zero-order chi connectivity index (χ0) is 13.9. The molecule has 0 amide bonds. The summed E-state index contributed by atoms with van der Waals surface area (Å²) < 4.78 is 5.92. The monoisotopic (exact) mass is 276 g/mol. The molecule has 1 unspecified atom stereocenters. The number of hydrogen-bond acceptors (Lipinski definition) is 1. The Morgan fingerprint density at radius 3 is 1.39 bits per heavy atom. The van der Waals surface area contributed by atoms with Crippen LogP contribution >= 0.6 is 7.26 Å². The van der Waals surface area contributed by atoms with Crippen molar-refractivity contribution in [2.24, 2.45) is 0 Å². The Hall–Kier alpha value is 0.390. The standard InChI is InChI=1S/C16H37OP/c1-6-10-13-18(14-11-7-2,15-12-8-3)16(9-4)17-5/h16,18H,6-15H2,1-5H3. The van der Waals surface area contributed by atoms with Gasteiger partial charge < -0.3 is 0 Å². The van der Waals surface area contributed by atoms with Gasteiger partial charge in [0.25, 0.3) is 0 Å². The Bertz CT molecular complexity index is 156. The Morgan fingerprint density at radius 1 is 0.778 bits per heavy atom. The van der Waals surface area contributed by atoms with Crippen molar-refractivity contribution in [1.29, 1.82) is 0 Å². The molecule has 2 heteroatoms. The van der Waals surface area contributed by atoms with Gasteiger partial charge in [-0.25, -0.2) is 0 Å². The molecule has 0 rings (SSSR count). The molecule has 0 aliphatic rings. The Kier molecular flexibility index (Phi) is 11.5. The van der Waals surface area contributed by atoms with E-state index >= 15 is 0 Å². The quantitative estimate of drug-likeness (QED) is 0.426. The van der Waals surface area contributed by atoms with E-state index < -0.39 is 7.26 Å². The van der Waals surface area contributed by atoms with Gasteiger partial charge in [-0.3, -0.25) is 0 Å². The first-order valence-corrected chi connectivity index (χ1v) is 10.9. The van der Waals surface area contributed by atoms with E-state index in [1.54, 1.807) is 0 Å². The minimum atomic E-state index is -1.21. The summed E-state index contributed by atoms with van der Waals surface area (Å²) >= 11 is 0. The molecular weight excluding hydrogens is 239 g/mol. The summed E-state index contributed by atoms with van der Waals surface area (Å²) in [6.07, 6.45) is 14.0.